The van der Waals surface area contributed by atoms with Crippen LogP contribution in [0.1, 0.15) is 29.5 Å². The Morgan fingerprint density at radius 1 is 1.24 bits per heavy atom. The van der Waals surface area contributed by atoms with Crippen molar-refractivity contribution in [1.29, 1.82) is 0 Å². The van der Waals surface area contributed by atoms with Crippen molar-refractivity contribution < 1.29 is 28.6 Å². The zero-order chi connectivity index (χ0) is 21.1. The molecule has 0 saturated carbocycles. The van der Waals surface area contributed by atoms with Gasteiger partial charge >= 0.3 is 0 Å². The summed E-state index contributed by atoms with van der Waals surface area (Å²) in [4.78, 5) is 27.0. The lowest BCUT2D eigenvalue weighted by Crippen LogP contribution is -2.31. The Hall–Kier alpha value is -2.77. The Morgan fingerprint density at radius 2 is 2.00 bits per heavy atom. The summed E-state index contributed by atoms with van der Waals surface area (Å²) >= 11 is 6.06. The third-order valence-electron chi connectivity index (χ3n) is 4.74. The summed E-state index contributed by atoms with van der Waals surface area (Å²) in [5.41, 5.74) is 0.278. The van der Waals surface area contributed by atoms with Crippen LogP contribution in [0.25, 0.3) is 5.76 Å². The van der Waals surface area contributed by atoms with Gasteiger partial charge in [0.05, 0.1) is 17.7 Å². The predicted octanol–water partition coefficient (Wildman–Crippen LogP) is 3.71. The fourth-order valence-electron chi connectivity index (χ4n) is 3.35. The molecule has 1 aromatic carbocycles. The van der Waals surface area contributed by atoms with E-state index in [0.717, 1.165) is 0 Å². The molecule has 1 fully saturated rings. The van der Waals surface area contributed by atoms with Crippen molar-refractivity contribution in [3.8, 4) is 5.75 Å². The largest absolute Gasteiger partial charge is 0.507 e. The van der Waals surface area contributed by atoms with Crippen LogP contribution in [0.15, 0.2) is 40.3 Å². The van der Waals surface area contributed by atoms with Crippen molar-refractivity contribution in [2.45, 2.75) is 19.4 Å². The minimum Gasteiger partial charge on any atom is -0.507 e. The second-order valence-corrected chi connectivity index (χ2v) is 7.04. The molecule has 2 heterocycles. The van der Waals surface area contributed by atoms with E-state index in [9.17, 15) is 14.7 Å². The van der Waals surface area contributed by atoms with E-state index >= 15 is 0 Å². The smallest absolute Gasteiger partial charge is 0.295 e. The fraction of sp³-hybridized carbons (Fsp3) is 0.333. The average molecular weight is 420 g/mol. The van der Waals surface area contributed by atoms with Gasteiger partial charge in [-0.05, 0) is 43.7 Å². The SMILES string of the molecule is COCCCN1C(=O)C(=O)/C(=C(\O)c2ccc(Cl)c(OC)c2)C1c1ccc(C)o1. The molecule has 1 atom stereocenters. The maximum Gasteiger partial charge on any atom is 0.295 e. The van der Waals surface area contributed by atoms with Crippen molar-refractivity contribution in [3.05, 3.63) is 58.0 Å². The second-order valence-electron chi connectivity index (χ2n) is 6.64. The number of carbonyl (C=O) groups is 2. The van der Waals surface area contributed by atoms with Crippen LogP contribution in [0.3, 0.4) is 0 Å². The number of hydrogen-bond donors (Lipinski definition) is 1. The van der Waals surface area contributed by atoms with Crippen molar-refractivity contribution >= 4 is 29.1 Å². The van der Waals surface area contributed by atoms with E-state index in [0.29, 0.717) is 40.9 Å². The Labute approximate surface area is 173 Å². The average Bonchev–Trinajstić information content (AvgIpc) is 3.24. The summed E-state index contributed by atoms with van der Waals surface area (Å²) in [6, 6.07) is 7.24. The molecule has 1 N–H and O–H groups in total. The van der Waals surface area contributed by atoms with Crippen LogP contribution in [0.2, 0.25) is 5.02 Å². The Kier molecular flexibility index (Phi) is 6.30. The molecule has 1 unspecified atom stereocenters. The van der Waals surface area contributed by atoms with Gasteiger partial charge < -0.3 is 23.9 Å². The molecular weight excluding hydrogens is 398 g/mol. The zero-order valence-corrected chi connectivity index (χ0v) is 17.2. The van der Waals surface area contributed by atoms with Crippen LogP contribution in [0, 0.1) is 6.92 Å². The van der Waals surface area contributed by atoms with Crippen LogP contribution in [-0.2, 0) is 14.3 Å². The van der Waals surface area contributed by atoms with Gasteiger partial charge in [0, 0.05) is 25.8 Å². The predicted molar refractivity (Wildman–Crippen MR) is 107 cm³/mol. The zero-order valence-electron chi connectivity index (χ0n) is 16.4. The first kappa shape index (κ1) is 21.0. The summed E-state index contributed by atoms with van der Waals surface area (Å²) in [6.45, 7) is 2.48. The molecule has 0 bridgehead atoms. The van der Waals surface area contributed by atoms with Crippen molar-refractivity contribution in [1.82, 2.24) is 4.90 Å². The van der Waals surface area contributed by atoms with Crippen LogP contribution < -0.4 is 4.74 Å². The van der Waals surface area contributed by atoms with Gasteiger partial charge in [-0.15, -0.1) is 0 Å². The number of amides is 1. The number of furan rings is 1. The minimum absolute atomic E-state index is 0.0360. The molecule has 1 aliphatic rings. The molecule has 7 nitrogen and oxygen atoms in total. The molecule has 1 amide bonds. The first-order valence-electron chi connectivity index (χ1n) is 9.06. The quantitative estimate of drug-likeness (QED) is 0.318. The third-order valence-corrected chi connectivity index (χ3v) is 5.05. The molecule has 0 aliphatic carbocycles. The summed E-state index contributed by atoms with van der Waals surface area (Å²) in [7, 11) is 3.01. The van der Waals surface area contributed by atoms with E-state index in [1.165, 1.54) is 18.1 Å². The van der Waals surface area contributed by atoms with Crippen LogP contribution in [0.4, 0.5) is 0 Å². The maximum atomic E-state index is 12.8. The number of ketones is 1. The standard InChI is InChI=1S/C21H22ClNO6/c1-12-5-8-15(29-12)18-17(20(25)21(26)23(18)9-4-10-27-2)19(24)13-6-7-14(22)16(11-13)28-3/h5-8,11,18,24H,4,9-10H2,1-3H3/b19-17-. The van der Waals surface area contributed by atoms with E-state index in [2.05, 4.69) is 0 Å². The molecule has 1 saturated heterocycles. The minimum atomic E-state index is -0.831. The van der Waals surface area contributed by atoms with E-state index in [1.54, 1.807) is 38.3 Å². The van der Waals surface area contributed by atoms with Gasteiger partial charge in [-0.2, -0.15) is 0 Å². The number of ether oxygens (including phenoxy) is 2. The molecular formula is C21H22ClNO6. The number of rotatable bonds is 7. The van der Waals surface area contributed by atoms with E-state index in [-0.39, 0.29) is 17.9 Å². The third kappa shape index (κ3) is 4.02. The highest BCUT2D eigenvalue weighted by Gasteiger charge is 2.47. The molecule has 3 rings (SSSR count). The van der Waals surface area contributed by atoms with Crippen LogP contribution in [-0.4, -0.2) is 49.1 Å². The van der Waals surface area contributed by atoms with Gasteiger partial charge in [0.1, 0.15) is 29.1 Å². The molecule has 1 aromatic heterocycles. The number of likely N-dealkylation sites (tertiary alicyclic amines) is 1. The number of aliphatic hydroxyl groups is 1. The summed E-state index contributed by atoms with van der Waals surface area (Å²) in [6.07, 6.45) is 0.536. The molecule has 154 valence electrons. The highest BCUT2D eigenvalue weighted by molar-refractivity contribution is 6.46. The van der Waals surface area contributed by atoms with E-state index in [4.69, 9.17) is 25.5 Å². The number of benzene rings is 1. The van der Waals surface area contributed by atoms with Gasteiger partial charge in [-0.1, -0.05) is 11.6 Å². The second kappa shape index (κ2) is 8.71. The lowest BCUT2D eigenvalue weighted by atomic mass is 9.99. The number of halogens is 1. The molecule has 2 aromatic rings. The Bertz CT molecular complexity index is 964. The first-order chi connectivity index (χ1) is 13.9. The number of carbonyl (C=O) groups excluding carboxylic acids is 2. The number of hydrogen-bond acceptors (Lipinski definition) is 6. The van der Waals surface area contributed by atoms with E-state index in [1.807, 2.05) is 0 Å². The molecule has 0 radical (unpaired) electrons. The topological polar surface area (TPSA) is 89.2 Å². The summed E-state index contributed by atoms with van der Waals surface area (Å²) in [5, 5.41) is 11.3. The van der Waals surface area contributed by atoms with Crippen molar-refractivity contribution in [3.63, 3.8) is 0 Å². The van der Waals surface area contributed by atoms with Gasteiger partial charge in [0.2, 0.25) is 0 Å². The van der Waals surface area contributed by atoms with Gasteiger partial charge in [-0.3, -0.25) is 9.59 Å². The summed E-state index contributed by atoms with van der Waals surface area (Å²) in [5.74, 6) is -0.394. The van der Waals surface area contributed by atoms with Gasteiger partial charge in [-0.25, -0.2) is 0 Å². The van der Waals surface area contributed by atoms with Gasteiger partial charge in [0.25, 0.3) is 11.7 Å². The Morgan fingerprint density at radius 3 is 2.62 bits per heavy atom. The van der Waals surface area contributed by atoms with E-state index < -0.39 is 17.7 Å². The number of Topliss-reactive ketones (excluding diaryl/α,β-unsaturated/α-hetero) is 1. The normalized spacial score (nSPS) is 18.5. The Balaban J connectivity index is 2.12. The van der Waals surface area contributed by atoms with Crippen LogP contribution >= 0.6 is 11.6 Å². The molecule has 0 spiro atoms. The highest BCUT2D eigenvalue weighted by Crippen LogP contribution is 2.40. The molecule has 8 heteroatoms. The molecule has 1 aliphatic heterocycles. The number of methoxy groups -OCH3 is 2. The number of nitrogens with zero attached hydrogens (tertiary/aromatic N) is 1. The molecule has 29 heavy (non-hydrogen) atoms. The lowest BCUT2D eigenvalue weighted by molar-refractivity contribution is -0.140. The first-order valence-corrected chi connectivity index (χ1v) is 9.44. The number of aliphatic hydroxyl groups excluding tert-OH is 1. The lowest BCUT2D eigenvalue weighted by Gasteiger charge is -2.23. The van der Waals surface area contributed by atoms with Crippen molar-refractivity contribution in [2.24, 2.45) is 0 Å². The summed E-state index contributed by atoms with van der Waals surface area (Å²) < 4.78 is 16.0. The monoisotopic (exact) mass is 419 g/mol. The highest BCUT2D eigenvalue weighted by atomic mass is 35.5. The van der Waals surface area contributed by atoms with Gasteiger partial charge in [0.15, 0.2) is 0 Å². The maximum absolute atomic E-state index is 12.8. The fourth-order valence-corrected chi connectivity index (χ4v) is 3.54. The van der Waals surface area contributed by atoms with Crippen LogP contribution in [0.5, 0.6) is 5.75 Å². The number of aryl methyl sites for hydroxylation is 1. The van der Waals surface area contributed by atoms with Crippen molar-refractivity contribution in [2.75, 3.05) is 27.4 Å².